The van der Waals surface area contributed by atoms with E-state index in [0.29, 0.717) is 18.4 Å². The predicted octanol–water partition coefficient (Wildman–Crippen LogP) is 2.36. The molecule has 2 unspecified atom stereocenters. The molecule has 19 heavy (non-hydrogen) atoms. The van der Waals surface area contributed by atoms with Gasteiger partial charge in [0.05, 0.1) is 11.7 Å². The lowest BCUT2D eigenvalue weighted by Gasteiger charge is -2.28. The van der Waals surface area contributed by atoms with Crippen LogP contribution in [0.15, 0.2) is 23.1 Å². The fourth-order valence-corrected chi connectivity index (χ4v) is 4.78. The summed E-state index contributed by atoms with van der Waals surface area (Å²) < 4.78 is 0. The van der Waals surface area contributed by atoms with Gasteiger partial charge >= 0.3 is 0 Å². The van der Waals surface area contributed by atoms with Crippen LogP contribution < -0.4 is 10.2 Å². The zero-order valence-electron chi connectivity index (χ0n) is 10.9. The van der Waals surface area contributed by atoms with Crippen LogP contribution in [0.4, 0.5) is 5.69 Å². The quantitative estimate of drug-likeness (QED) is 0.788. The number of anilines is 1. The van der Waals surface area contributed by atoms with Crippen LogP contribution >= 0.6 is 11.8 Å². The Kier molecular flexibility index (Phi) is 2.72. The number of fused-ring (bicyclic) bond motifs is 3. The second kappa shape index (κ2) is 4.44. The number of carbonyl (C=O) groups excluding carboxylic acids is 1. The molecule has 3 nitrogen and oxygen atoms in total. The first-order chi connectivity index (χ1) is 9.34. The monoisotopic (exact) mass is 274 g/mol. The van der Waals surface area contributed by atoms with Gasteiger partial charge in [-0.2, -0.15) is 0 Å². The number of nitrogens with zero attached hydrogens (tertiary/aromatic N) is 1. The Bertz CT molecular complexity index is 531. The van der Waals surface area contributed by atoms with Gasteiger partial charge in [-0.1, -0.05) is 12.1 Å². The van der Waals surface area contributed by atoms with Gasteiger partial charge in [0.25, 0.3) is 0 Å². The first-order valence-corrected chi connectivity index (χ1v) is 8.12. The van der Waals surface area contributed by atoms with Gasteiger partial charge in [-0.15, -0.1) is 11.8 Å². The zero-order chi connectivity index (χ0) is 12.8. The second-order valence-electron chi connectivity index (χ2n) is 5.61. The van der Waals surface area contributed by atoms with E-state index in [-0.39, 0.29) is 5.91 Å². The summed E-state index contributed by atoms with van der Waals surface area (Å²) in [6.45, 7) is 1.94. The average molecular weight is 274 g/mol. The summed E-state index contributed by atoms with van der Waals surface area (Å²) in [6, 6.07) is 7.19. The molecule has 3 aliphatic rings. The first kappa shape index (κ1) is 11.6. The van der Waals surface area contributed by atoms with Gasteiger partial charge in [-0.3, -0.25) is 4.79 Å². The number of hydrogen-bond acceptors (Lipinski definition) is 3. The highest BCUT2D eigenvalue weighted by atomic mass is 32.2. The summed E-state index contributed by atoms with van der Waals surface area (Å²) in [5.41, 5.74) is 2.95. The standard InChI is InChI=1S/C15H18N2OS/c18-14-6-5-10-11-3-1-4-13-15(11)17(7-2-8-19-13)12(10)9-16-14/h1,3-4,10,12H,2,5-9H2,(H,16,18). The van der Waals surface area contributed by atoms with E-state index in [4.69, 9.17) is 0 Å². The summed E-state index contributed by atoms with van der Waals surface area (Å²) in [7, 11) is 0. The Morgan fingerprint density at radius 1 is 1.37 bits per heavy atom. The molecule has 0 radical (unpaired) electrons. The molecule has 3 heterocycles. The molecule has 3 aliphatic heterocycles. The molecule has 0 aromatic heterocycles. The van der Waals surface area contributed by atoms with Crippen molar-refractivity contribution in [2.45, 2.75) is 36.1 Å². The Morgan fingerprint density at radius 2 is 2.32 bits per heavy atom. The van der Waals surface area contributed by atoms with Gasteiger partial charge in [0.1, 0.15) is 0 Å². The minimum Gasteiger partial charge on any atom is -0.365 e. The summed E-state index contributed by atoms with van der Waals surface area (Å²) in [4.78, 5) is 15.6. The molecule has 0 aliphatic carbocycles. The van der Waals surface area contributed by atoms with Crippen LogP contribution in [0.5, 0.6) is 0 Å². The molecule has 1 fully saturated rings. The Balaban J connectivity index is 1.82. The molecule has 2 atom stereocenters. The molecule has 0 bridgehead atoms. The molecule has 4 rings (SSSR count). The maximum atomic E-state index is 11.6. The molecule has 0 spiro atoms. The van der Waals surface area contributed by atoms with Crippen molar-refractivity contribution < 1.29 is 4.79 Å². The number of nitrogens with one attached hydrogen (secondary N) is 1. The third kappa shape index (κ3) is 1.76. The van der Waals surface area contributed by atoms with E-state index in [1.807, 2.05) is 11.8 Å². The van der Waals surface area contributed by atoms with E-state index >= 15 is 0 Å². The highest BCUT2D eigenvalue weighted by Gasteiger charge is 2.41. The summed E-state index contributed by atoms with van der Waals surface area (Å²) in [6.07, 6.45) is 2.90. The molecule has 4 heteroatoms. The van der Waals surface area contributed by atoms with Crippen LogP contribution in [-0.4, -0.2) is 30.8 Å². The molecule has 1 saturated heterocycles. The van der Waals surface area contributed by atoms with Crippen molar-refractivity contribution in [1.29, 1.82) is 0 Å². The van der Waals surface area contributed by atoms with Crippen LogP contribution in [0.3, 0.4) is 0 Å². The Labute approximate surface area is 117 Å². The van der Waals surface area contributed by atoms with E-state index in [1.54, 1.807) is 0 Å². The molecule has 100 valence electrons. The minimum atomic E-state index is 0.219. The lowest BCUT2D eigenvalue weighted by molar-refractivity contribution is -0.120. The third-order valence-corrected chi connectivity index (χ3v) is 5.71. The highest BCUT2D eigenvalue weighted by Crippen LogP contribution is 2.49. The van der Waals surface area contributed by atoms with Gasteiger partial charge in [0.15, 0.2) is 0 Å². The van der Waals surface area contributed by atoms with E-state index in [1.165, 1.54) is 28.3 Å². The maximum absolute atomic E-state index is 11.6. The lowest BCUT2D eigenvalue weighted by Crippen LogP contribution is -2.42. The summed E-state index contributed by atoms with van der Waals surface area (Å²) in [5.74, 6) is 1.96. The number of para-hydroxylation sites is 1. The van der Waals surface area contributed by atoms with Gasteiger partial charge in [0.2, 0.25) is 5.91 Å². The normalized spacial score (nSPS) is 29.1. The van der Waals surface area contributed by atoms with E-state index in [9.17, 15) is 4.79 Å². The number of benzene rings is 1. The van der Waals surface area contributed by atoms with E-state index in [2.05, 4.69) is 28.4 Å². The largest absolute Gasteiger partial charge is 0.365 e. The molecular formula is C15H18N2OS. The van der Waals surface area contributed by atoms with Crippen molar-refractivity contribution in [2.24, 2.45) is 0 Å². The zero-order valence-corrected chi connectivity index (χ0v) is 11.7. The fourth-order valence-electron chi connectivity index (χ4n) is 3.74. The number of amides is 1. The van der Waals surface area contributed by atoms with Gasteiger partial charge in [-0.05, 0) is 30.2 Å². The topological polar surface area (TPSA) is 32.3 Å². The van der Waals surface area contributed by atoms with Gasteiger partial charge in [-0.25, -0.2) is 0 Å². The van der Waals surface area contributed by atoms with Crippen LogP contribution in [0.25, 0.3) is 0 Å². The fraction of sp³-hybridized carbons (Fsp3) is 0.533. The number of thioether (sulfide) groups is 1. The molecule has 0 saturated carbocycles. The highest BCUT2D eigenvalue weighted by molar-refractivity contribution is 7.99. The SMILES string of the molecule is O=C1CCC2c3cccc4c3N(CCCS4)C2CN1. The molecule has 1 N–H and O–H groups in total. The van der Waals surface area contributed by atoms with Crippen LogP contribution in [0.2, 0.25) is 0 Å². The van der Waals surface area contributed by atoms with Crippen molar-refractivity contribution in [3.63, 3.8) is 0 Å². The van der Waals surface area contributed by atoms with E-state index < -0.39 is 0 Å². The average Bonchev–Trinajstić information content (AvgIpc) is 2.59. The molecular weight excluding hydrogens is 256 g/mol. The van der Waals surface area contributed by atoms with E-state index in [0.717, 1.165) is 19.5 Å². The Hall–Kier alpha value is -1.16. The van der Waals surface area contributed by atoms with Crippen molar-refractivity contribution >= 4 is 23.4 Å². The first-order valence-electron chi connectivity index (χ1n) is 7.13. The summed E-state index contributed by atoms with van der Waals surface area (Å²) >= 11 is 1.99. The van der Waals surface area contributed by atoms with Crippen molar-refractivity contribution in [3.8, 4) is 0 Å². The van der Waals surface area contributed by atoms with Gasteiger partial charge in [0, 0.05) is 30.3 Å². The smallest absolute Gasteiger partial charge is 0.220 e. The molecule has 1 aromatic rings. The van der Waals surface area contributed by atoms with Crippen molar-refractivity contribution in [2.75, 3.05) is 23.7 Å². The number of carbonyl (C=O) groups is 1. The summed E-state index contributed by atoms with van der Waals surface area (Å²) in [5, 5.41) is 3.09. The third-order valence-electron chi connectivity index (χ3n) is 4.57. The van der Waals surface area contributed by atoms with Gasteiger partial charge < -0.3 is 10.2 Å². The van der Waals surface area contributed by atoms with Crippen LogP contribution in [0, 0.1) is 0 Å². The predicted molar refractivity (Wildman–Crippen MR) is 77.9 cm³/mol. The Morgan fingerprint density at radius 3 is 3.26 bits per heavy atom. The second-order valence-corrected chi connectivity index (χ2v) is 6.74. The number of hydrogen-bond donors (Lipinski definition) is 1. The lowest BCUT2D eigenvalue weighted by atomic mass is 9.91. The van der Waals surface area contributed by atoms with Crippen molar-refractivity contribution in [1.82, 2.24) is 5.32 Å². The molecule has 1 amide bonds. The number of rotatable bonds is 0. The minimum absolute atomic E-state index is 0.219. The van der Waals surface area contributed by atoms with Crippen molar-refractivity contribution in [3.05, 3.63) is 23.8 Å². The van der Waals surface area contributed by atoms with Crippen LogP contribution in [-0.2, 0) is 4.79 Å². The molecule has 1 aromatic carbocycles. The van der Waals surface area contributed by atoms with Crippen LogP contribution in [0.1, 0.15) is 30.7 Å². The maximum Gasteiger partial charge on any atom is 0.220 e.